The van der Waals surface area contributed by atoms with Gasteiger partial charge in [0.05, 0.1) is 0 Å². The summed E-state index contributed by atoms with van der Waals surface area (Å²) in [6.07, 6.45) is -0.286. The van der Waals surface area contributed by atoms with E-state index < -0.39 is 26.7 Å². The van der Waals surface area contributed by atoms with Crippen LogP contribution < -0.4 is 3.71 Å². The topological polar surface area (TPSA) is 31.2 Å². The van der Waals surface area contributed by atoms with Gasteiger partial charge in [-0.15, -0.1) is 0 Å². The number of carbonyl (C=O) groups is 1. The van der Waals surface area contributed by atoms with E-state index in [0.29, 0.717) is 0 Å². The number of nitrogens with zero attached hydrogens (tertiary/aromatic N) is 1. The molecule has 29 heavy (non-hydrogen) atoms. The number of fused-ring (bicyclic) bond motifs is 1. The first-order chi connectivity index (χ1) is 13.5. The first-order valence-corrected chi connectivity index (χ1v) is 14.0. The molecule has 3 aromatic rings. The molecule has 1 aromatic heterocycles. The van der Waals surface area contributed by atoms with Crippen molar-refractivity contribution in [3.05, 3.63) is 65.7 Å². The molecule has 0 saturated heterocycles. The molecular weight excluding hydrogens is 465 g/mol. The van der Waals surface area contributed by atoms with Crippen molar-refractivity contribution in [2.75, 3.05) is 0 Å². The molecule has 0 amide bonds. The second kappa shape index (κ2) is 8.28. The minimum atomic E-state index is -1.45. The SMILES string of the molecule is CC(C)(C)OC(=O)n1[c]([SnH2][C](C)(C)C)cc2cc(C#Cc3ccccc3)ccc21. The number of carbonyl (C=O) groups excluding carboxylic acids is 1. The molecule has 4 heteroatoms. The van der Waals surface area contributed by atoms with Gasteiger partial charge < -0.3 is 0 Å². The summed E-state index contributed by atoms with van der Waals surface area (Å²) >= 11 is -1.45. The van der Waals surface area contributed by atoms with Gasteiger partial charge in [0.25, 0.3) is 0 Å². The van der Waals surface area contributed by atoms with E-state index in [0.717, 1.165) is 25.7 Å². The zero-order valence-corrected chi connectivity index (χ0v) is 22.2. The van der Waals surface area contributed by atoms with E-state index in [2.05, 4.69) is 44.7 Å². The molecule has 150 valence electrons. The third kappa shape index (κ3) is 5.90. The van der Waals surface area contributed by atoms with Crippen LogP contribution in [0.5, 0.6) is 0 Å². The number of rotatable bonds is 1. The first-order valence-electron chi connectivity index (χ1n) is 9.97. The Labute approximate surface area is 183 Å². The van der Waals surface area contributed by atoms with Crippen LogP contribution in [0.2, 0.25) is 3.43 Å². The average Bonchev–Trinajstić information content (AvgIpc) is 2.94. The number of benzene rings is 2. The fraction of sp³-hybridized carbons (Fsp3) is 0.320. The van der Waals surface area contributed by atoms with Gasteiger partial charge in [0.2, 0.25) is 0 Å². The van der Waals surface area contributed by atoms with Crippen molar-refractivity contribution < 1.29 is 9.53 Å². The molecule has 0 saturated carbocycles. The predicted molar refractivity (Wildman–Crippen MR) is 124 cm³/mol. The van der Waals surface area contributed by atoms with Gasteiger partial charge in [0.1, 0.15) is 0 Å². The standard InChI is InChI=1S/C21H18NO2.C4H9.Sn.2H/c1-21(2,3)24-20(23)22-14-13-18-15-17(11-12-19(18)22)10-9-16-7-5-4-6-8-16;1-4(2)3;;;/h4-8,11-13,15H,1-3H3;1-3H3;;;. The molecule has 0 atom stereocenters. The number of aromatic nitrogens is 1. The van der Waals surface area contributed by atoms with Crippen molar-refractivity contribution in [2.24, 2.45) is 0 Å². The quantitative estimate of drug-likeness (QED) is 0.359. The zero-order chi connectivity index (χ0) is 21.2. The summed E-state index contributed by atoms with van der Waals surface area (Å²) in [5.41, 5.74) is 2.31. The summed E-state index contributed by atoms with van der Waals surface area (Å²) in [6, 6.07) is 18.2. The molecule has 0 radical (unpaired) electrons. The fourth-order valence-corrected chi connectivity index (χ4v) is 8.54. The summed E-state index contributed by atoms with van der Waals surface area (Å²) in [6.45, 7) is 12.5. The monoisotopic (exact) mass is 495 g/mol. The third-order valence-corrected chi connectivity index (χ3v) is 9.84. The van der Waals surface area contributed by atoms with E-state index in [1.807, 2.05) is 63.2 Å². The van der Waals surface area contributed by atoms with Crippen molar-refractivity contribution in [3.63, 3.8) is 0 Å². The maximum absolute atomic E-state index is 13.0. The van der Waals surface area contributed by atoms with Crippen LogP contribution in [0.3, 0.4) is 0 Å². The third-order valence-electron chi connectivity index (χ3n) is 4.29. The number of hydrogen-bond donors (Lipinski definition) is 0. The van der Waals surface area contributed by atoms with E-state index in [1.54, 1.807) is 4.57 Å². The van der Waals surface area contributed by atoms with E-state index >= 15 is 0 Å². The predicted octanol–water partition coefficient (Wildman–Crippen LogP) is 4.84. The Balaban J connectivity index is 2.05. The van der Waals surface area contributed by atoms with Crippen molar-refractivity contribution in [3.8, 4) is 11.8 Å². The van der Waals surface area contributed by atoms with Crippen LogP contribution in [0.4, 0.5) is 4.79 Å². The van der Waals surface area contributed by atoms with Crippen molar-refractivity contribution in [1.29, 1.82) is 0 Å². The Morgan fingerprint density at radius 1 is 0.897 bits per heavy atom. The van der Waals surface area contributed by atoms with Gasteiger partial charge in [-0.2, -0.15) is 0 Å². The Kier molecular flexibility index (Phi) is 6.14. The van der Waals surface area contributed by atoms with Gasteiger partial charge in [-0.25, -0.2) is 0 Å². The normalized spacial score (nSPS) is 12.2. The molecule has 1 heterocycles. The molecule has 0 aliphatic rings. The second-order valence-corrected chi connectivity index (χ2v) is 18.7. The number of ether oxygens (including phenoxy) is 1. The Hall–Kier alpha value is -2.19. The van der Waals surface area contributed by atoms with Crippen molar-refractivity contribution >= 4 is 41.8 Å². The molecular formula is C25H29NO2Sn. The van der Waals surface area contributed by atoms with Gasteiger partial charge in [-0.1, -0.05) is 0 Å². The molecule has 2 aromatic carbocycles. The fourth-order valence-electron chi connectivity index (χ4n) is 3.21. The average molecular weight is 494 g/mol. The molecule has 0 fully saturated rings. The molecule has 0 unspecified atom stereocenters. The van der Waals surface area contributed by atoms with Crippen LogP contribution in [-0.4, -0.2) is 37.4 Å². The van der Waals surface area contributed by atoms with E-state index in [-0.39, 0.29) is 9.52 Å². The van der Waals surface area contributed by atoms with Crippen molar-refractivity contribution in [1.82, 2.24) is 4.57 Å². The summed E-state index contributed by atoms with van der Waals surface area (Å²) in [7, 11) is 0. The van der Waals surface area contributed by atoms with E-state index in [1.165, 1.54) is 0 Å². The van der Waals surface area contributed by atoms with Crippen molar-refractivity contribution in [2.45, 2.75) is 50.6 Å². The molecule has 0 aliphatic carbocycles. The van der Waals surface area contributed by atoms with Gasteiger partial charge >= 0.3 is 184 Å². The summed E-state index contributed by atoms with van der Waals surface area (Å²) in [5, 5.41) is 1.05. The van der Waals surface area contributed by atoms with Crippen LogP contribution in [0.1, 0.15) is 52.7 Å². The molecule has 3 rings (SSSR count). The first kappa shape index (κ1) is 21.5. The Morgan fingerprint density at radius 3 is 2.17 bits per heavy atom. The van der Waals surface area contributed by atoms with Crippen LogP contribution in [-0.2, 0) is 4.74 Å². The summed E-state index contributed by atoms with van der Waals surface area (Å²) in [4.78, 5) is 13.0. The molecule has 0 N–H and O–H groups in total. The number of hydrogen-bond acceptors (Lipinski definition) is 2. The van der Waals surface area contributed by atoms with E-state index in [4.69, 9.17) is 4.74 Å². The van der Waals surface area contributed by atoms with Gasteiger partial charge in [-0.3, -0.25) is 0 Å². The van der Waals surface area contributed by atoms with Crippen LogP contribution in [0, 0.1) is 11.8 Å². The van der Waals surface area contributed by atoms with Crippen LogP contribution >= 0.6 is 0 Å². The molecule has 0 spiro atoms. The van der Waals surface area contributed by atoms with Crippen LogP contribution in [0.25, 0.3) is 10.9 Å². The second-order valence-electron chi connectivity index (χ2n) is 9.58. The molecule has 0 aliphatic heterocycles. The summed E-state index contributed by atoms with van der Waals surface area (Å²) < 4.78 is 8.93. The maximum atomic E-state index is 13.0. The molecule has 0 bridgehead atoms. The van der Waals surface area contributed by atoms with Crippen LogP contribution in [0.15, 0.2) is 54.6 Å². The Morgan fingerprint density at radius 2 is 1.55 bits per heavy atom. The minimum absolute atomic E-state index is 0.256. The Bertz CT molecular complexity index is 1090. The zero-order valence-electron chi connectivity index (χ0n) is 18.2. The van der Waals surface area contributed by atoms with Gasteiger partial charge in [0.15, 0.2) is 0 Å². The molecule has 3 nitrogen and oxygen atoms in total. The van der Waals surface area contributed by atoms with E-state index in [9.17, 15) is 4.79 Å². The van der Waals surface area contributed by atoms with Gasteiger partial charge in [0, 0.05) is 0 Å². The van der Waals surface area contributed by atoms with Gasteiger partial charge in [-0.05, 0) is 0 Å². The summed E-state index contributed by atoms with van der Waals surface area (Å²) in [5.74, 6) is 6.44.